The zero-order valence-electron chi connectivity index (χ0n) is 15.1. The van der Waals surface area contributed by atoms with Crippen LogP contribution < -0.4 is 5.32 Å². The van der Waals surface area contributed by atoms with Gasteiger partial charge in [-0.1, -0.05) is 18.2 Å². The van der Waals surface area contributed by atoms with Crippen LogP contribution in [0.25, 0.3) is 0 Å². The van der Waals surface area contributed by atoms with Crippen LogP contribution in [0.15, 0.2) is 41.3 Å². The van der Waals surface area contributed by atoms with E-state index in [0.29, 0.717) is 11.3 Å². The van der Waals surface area contributed by atoms with Gasteiger partial charge in [0.1, 0.15) is 0 Å². The predicted octanol–water partition coefficient (Wildman–Crippen LogP) is 2.81. The number of benzene rings is 2. The van der Waals surface area contributed by atoms with Crippen molar-refractivity contribution in [2.24, 2.45) is 0 Å². The Morgan fingerprint density at radius 3 is 2.31 bits per heavy atom. The second-order valence-electron chi connectivity index (χ2n) is 6.19. The summed E-state index contributed by atoms with van der Waals surface area (Å²) in [6, 6.07) is 9.86. The van der Waals surface area contributed by atoms with Crippen LogP contribution in [0.2, 0.25) is 0 Å². The summed E-state index contributed by atoms with van der Waals surface area (Å²) < 4.78 is 28.3. The molecule has 0 aliphatic rings. The van der Waals surface area contributed by atoms with Crippen molar-refractivity contribution >= 4 is 27.4 Å². The second kappa shape index (κ2) is 7.70. The number of aryl methyl sites for hydroxylation is 3. The Bertz CT molecular complexity index is 964. The fraction of sp³-hybridized carbons (Fsp3) is 0.263. The third-order valence-electron chi connectivity index (χ3n) is 3.86. The van der Waals surface area contributed by atoms with Crippen LogP contribution in [0, 0.1) is 20.8 Å². The Balaban J connectivity index is 2.06. The summed E-state index contributed by atoms with van der Waals surface area (Å²) in [4.78, 5) is 24.3. The highest BCUT2D eigenvalue weighted by Crippen LogP contribution is 2.18. The fourth-order valence-corrected chi connectivity index (χ4v) is 2.96. The van der Waals surface area contributed by atoms with Gasteiger partial charge in [-0.2, -0.15) is 0 Å². The quantitative estimate of drug-likeness (QED) is 0.812. The molecule has 0 bridgehead atoms. The van der Waals surface area contributed by atoms with E-state index < -0.39 is 28.3 Å². The molecule has 1 N–H and O–H groups in total. The van der Waals surface area contributed by atoms with Crippen molar-refractivity contribution in [1.82, 2.24) is 0 Å². The number of hydrogen-bond donors (Lipinski definition) is 1. The molecule has 0 aliphatic carbocycles. The predicted molar refractivity (Wildman–Crippen MR) is 99.1 cm³/mol. The third-order valence-corrected chi connectivity index (χ3v) is 4.97. The Morgan fingerprint density at radius 1 is 1.00 bits per heavy atom. The first-order chi connectivity index (χ1) is 12.1. The molecular weight excluding hydrogens is 354 g/mol. The molecule has 0 radical (unpaired) electrons. The normalized spacial score (nSPS) is 11.1. The first-order valence-corrected chi connectivity index (χ1v) is 9.82. The largest absolute Gasteiger partial charge is 0.452 e. The molecule has 0 atom stereocenters. The molecule has 2 rings (SSSR count). The maximum Gasteiger partial charge on any atom is 0.338 e. The molecule has 0 heterocycles. The van der Waals surface area contributed by atoms with Crippen LogP contribution in [-0.2, 0) is 19.4 Å². The number of amides is 1. The molecule has 1 amide bonds. The van der Waals surface area contributed by atoms with Crippen molar-refractivity contribution in [1.29, 1.82) is 0 Å². The van der Waals surface area contributed by atoms with Gasteiger partial charge in [0.2, 0.25) is 0 Å². The Kier molecular flexibility index (Phi) is 5.82. The van der Waals surface area contributed by atoms with Gasteiger partial charge < -0.3 is 10.1 Å². The topological polar surface area (TPSA) is 89.5 Å². The van der Waals surface area contributed by atoms with Crippen molar-refractivity contribution in [3.8, 4) is 0 Å². The monoisotopic (exact) mass is 375 g/mol. The summed E-state index contributed by atoms with van der Waals surface area (Å²) >= 11 is 0. The number of carbonyl (C=O) groups excluding carboxylic acids is 2. The van der Waals surface area contributed by atoms with Crippen LogP contribution in [0.3, 0.4) is 0 Å². The first kappa shape index (κ1) is 19.7. The molecule has 7 heteroatoms. The van der Waals surface area contributed by atoms with E-state index in [1.807, 2.05) is 32.0 Å². The number of rotatable bonds is 5. The van der Waals surface area contributed by atoms with Crippen LogP contribution in [-0.4, -0.2) is 33.2 Å². The first-order valence-electron chi connectivity index (χ1n) is 7.93. The van der Waals surface area contributed by atoms with E-state index in [9.17, 15) is 18.0 Å². The number of carbonyl (C=O) groups is 2. The van der Waals surface area contributed by atoms with Gasteiger partial charge in [-0.15, -0.1) is 0 Å². The minimum absolute atomic E-state index is 0.0230. The van der Waals surface area contributed by atoms with Gasteiger partial charge in [0.15, 0.2) is 16.4 Å². The number of sulfone groups is 1. The number of anilines is 1. The number of hydrogen-bond acceptors (Lipinski definition) is 5. The van der Waals surface area contributed by atoms with Gasteiger partial charge in [-0.3, -0.25) is 4.79 Å². The molecule has 0 aliphatic heterocycles. The highest BCUT2D eigenvalue weighted by Gasteiger charge is 2.17. The molecule has 26 heavy (non-hydrogen) atoms. The van der Waals surface area contributed by atoms with Gasteiger partial charge in [0, 0.05) is 11.9 Å². The average molecular weight is 375 g/mol. The van der Waals surface area contributed by atoms with E-state index in [-0.39, 0.29) is 10.5 Å². The van der Waals surface area contributed by atoms with Crippen LogP contribution in [0.5, 0.6) is 0 Å². The summed E-state index contributed by atoms with van der Waals surface area (Å²) in [6.07, 6.45) is 1.06. The van der Waals surface area contributed by atoms with E-state index in [0.717, 1.165) is 17.4 Å². The van der Waals surface area contributed by atoms with E-state index in [4.69, 9.17) is 4.74 Å². The van der Waals surface area contributed by atoms with Gasteiger partial charge >= 0.3 is 5.97 Å². The van der Waals surface area contributed by atoms with Crippen LogP contribution >= 0.6 is 0 Å². The summed E-state index contributed by atoms with van der Waals surface area (Å²) in [5.74, 6) is -1.21. The molecule has 2 aromatic carbocycles. The maximum atomic E-state index is 12.2. The molecule has 0 unspecified atom stereocenters. The zero-order valence-corrected chi connectivity index (χ0v) is 15.9. The maximum absolute atomic E-state index is 12.2. The molecule has 0 saturated heterocycles. The van der Waals surface area contributed by atoms with E-state index in [1.165, 1.54) is 18.2 Å². The Labute approximate surface area is 153 Å². The fourth-order valence-electron chi connectivity index (χ4n) is 2.32. The Hall–Kier alpha value is -2.67. The standard InChI is InChI=1S/C19H21NO5S/c1-12-5-6-14(3)17(9-12)20-18(21)11-25-19(22)16-10-15(26(4,23)24)8-7-13(16)2/h5-10H,11H2,1-4H3,(H,20,21). The van der Waals surface area contributed by atoms with Gasteiger partial charge in [-0.25, -0.2) is 13.2 Å². The second-order valence-corrected chi connectivity index (χ2v) is 8.21. The van der Waals surface area contributed by atoms with E-state index in [1.54, 1.807) is 6.92 Å². The third kappa shape index (κ3) is 4.92. The molecule has 2 aromatic rings. The molecule has 0 spiro atoms. The molecular formula is C19H21NO5S. The molecule has 0 saturated carbocycles. The van der Waals surface area contributed by atoms with E-state index in [2.05, 4.69) is 5.32 Å². The van der Waals surface area contributed by atoms with Crippen molar-refractivity contribution in [2.75, 3.05) is 18.2 Å². The van der Waals surface area contributed by atoms with Crippen molar-refractivity contribution < 1.29 is 22.7 Å². The summed E-state index contributed by atoms with van der Waals surface area (Å²) in [5, 5.41) is 2.70. The minimum atomic E-state index is -3.44. The highest BCUT2D eigenvalue weighted by molar-refractivity contribution is 7.90. The van der Waals surface area contributed by atoms with E-state index >= 15 is 0 Å². The summed E-state index contributed by atoms with van der Waals surface area (Å²) in [5.41, 5.74) is 3.23. The lowest BCUT2D eigenvalue weighted by molar-refractivity contribution is -0.119. The SMILES string of the molecule is Cc1ccc(C)c(NC(=O)COC(=O)c2cc(S(C)(=O)=O)ccc2C)c1. The smallest absolute Gasteiger partial charge is 0.338 e. The van der Waals surface area contributed by atoms with Crippen LogP contribution in [0.4, 0.5) is 5.69 Å². The molecule has 0 fully saturated rings. The number of esters is 1. The van der Waals surface area contributed by atoms with Gasteiger partial charge in [0.05, 0.1) is 10.5 Å². The van der Waals surface area contributed by atoms with Gasteiger partial charge in [-0.05, 0) is 55.7 Å². The lowest BCUT2D eigenvalue weighted by atomic mass is 10.1. The molecule has 138 valence electrons. The van der Waals surface area contributed by atoms with Crippen molar-refractivity contribution in [2.45, 2.75) is 25.7 Å². The summed E-state index contributed by atoms with van der Waals surface area (Å²) in [7, 11) is -3.44. The summed E-state index contributed by atoms with van der Waals surface area (Å²) in [6.45, 7) is 4.97. The van der Waals surface area contributed by atoms with Crippen LogP contribution in [0.1, 0.15) is 27.0 Å². The average Bonchev–Trinajstić information content (AvgIpc) is 2.55. The number of ether oxygens (including phenoxy) is 1. The van der Waals surface area contributed by atoms with Crippen molar-refractivity contribution in [3.63, 3.8) is 0 Å². The molecule has 6 nitrogen and oxygen atoms in total. The molecule has 0 aromatic heterocycles. The lowest BCUT2D eigenvalue weighted by Crippen LogP contribution is -2.22. The minimum Gasteiger partial charge on any atom is -0.452 e. The number of nitrogens with one attached hydrogen (secondary N) is 1. The Morgan fingerprint density at radius 2 is 1.65 bits per heavy atom. The van der Waals surface area contributed by atoms with Gasteiger partial charge in [0.25, 0.3) is 5.91 Å². The highest BCUT2D eigenvalue weighted by atomic mass is 32.2. The van der Waals surface area contributed by atoms with Crippen molar-refractivity contribution in [3.05, 3.63) is 58.7 Å². The zero-order chi connectivity index (χ0) is 19.5. The lowest BCUT2D eigenvalue weighted by Gasteiger charge is -2.11.